The highest BCUT2D eigenvalue weighted by atomic mass is 16.5. The lowest BCUT2D eigenvalue weighted by molar-refractivity contribution is 0.297. The van der Waals surface area contributed by atoms with Crippen LogP contribution in [0.5, 0.6) is 11.8 Å². The number of H-pyrrole nitrogens is 1. The van der Waals surface area contributed by atoms with Crippen molar-refractivity contribution in [1.82, 2.24) is 19.9 Å². The Bertz CT molecular complexity index is 959. The van der Waals surface area contributed by atoms with Crippen molar-refractivity contribution in [2.24, 2.45) is 0 Å². The van der Waals surface area contributed by atoms with E-state index in [1.165, 1.54) is 6.33 Å². The molecular weight excluding hydrogens is 280 g/mol. The van der Waals surface area contributed by atoms with E-state index in [1.807, 2.05) is 30.3 Å². The van der Waals surface area contributed by atoms with Gasteiger partial charge in [0, 0.05) is 23.2 Å². The smallest absolute Gasteiger partial charge is 0.226 e. The van der Waals surface area contributed by atoms with E-state index in [0.29, 0.717) is 18.1 Å². The van der Waals surface area contributed by atoms with Crippen LogP contribution < -0.4 is 4.74 Å². The molecule has 4 rings (SSSR count). The minimum Gasteiger partial charge on any atom is -0.495 e. The molecule has 0 spiro atoms. The zero-order chi connectivity index (χ0) is 14.9. The molecule has 22 heavy (non-hydrogen) atoms. The normalized spacial score (nSPS) is 11.1. The molecule has 0 atom stereocenters. The summed E-state index contributed by atoms with van der Waals surface area (Å²) in [7, 11) is 0. The number of rotatable bonds is 3. The van der Waals surface area contributed by atoms with E-state index in [0.717, 1.165) is 21.9 Å². The van der Waals surface area contributed by atoms with Crippen molar-refractivity contribution < 1.29 is 9.84 Å². The van der Waals surface area contributed by atoms with E-state index in [4.69, 9.17) is 4.74 Å². The second kappa shape index (κ2) is 5.00. The number of pyridine rings is 1. The first kappa shape index (κ1) is 12.6. The number of benzene rings is 1. The van der Waals surface area contributed by atoms with Crippen LogP contribution in [-0.4, -0.2) is 25.0 Å². The maximum Gasteiger partial charge on any atom is 0.226 e. The van der Waals surface area contributed by atoms with Crippen molar-refractivity contribution in [2.75, 3.05) is 0 Å². The van der Waals surface area contributed by atoms with Crippen molar-refractivity contribution in [3.8, 4) is 11.8 Å². The van der Waals surface area contributed by atoms with Gasteiger partial charge in [-0.15, -0.1) is 0 Å². The Kier molecular flexibility index (Phi) is 2.86. The highest BCUT2D eigenvalue weighted by Crippen LogP contribution is 2.23. The average Bonchev–Trinajstić information content (AvgIpc) is 2.92. The van der Waals surface area contributed by atoms with Gasteiger partial charge in [0.15, 0.2) is 11.5 Å². The van der Waals surface area contributed by atoms with Gasteiger partial charge in [-0.1, -0.05) is 6.07 Å². The lowest BCUT2D eigenvalue weighted by Crippen LogP contribution is -1.99. The molecule has 0 radical (unpaired) electrons. The highest BCUT2D eigenvalue weighted by Gasteiger charge is 2.06. The van der Waals surface area contributed by atoms with Crippen LogP contribution >= 0.6 is 0 Å². The van der Waals surface area contributed by atoms with Crippen LogP contribution in [0.1, 0.15) is 5.56 Å². The fourth-order valence-corrected chi connectivity index (χ4v) is 2.40. The van der Waals surface area contributed by atoms with Crippen molar-refractivity contribution in [3.63, 3.8) is 0 Å². The number of hydrogen-bond donors (Lipinski definition) is 2. The molecule has 0 amide bonds. The molecule has 0 bridgehead atoms. The van der Waals surface area contributed by atoms with E-state index in [2.05, 4.69) is 19.9 Å². The Hall–Kier alpha value is -3.15. The van der Waals surface area contributed by atoms with Crippen LogP contribution in [0.2, 0.25) is 0 Å². The van der Waals surface area contributed by atoms with E-state index < -0.39 is 0 Å². The van der Waals surface area contributed by atoms with Gasteiger partial charge in [0.1, 0.15) is 12.9 Å². The largest absolute Gasteiger partial charge is 0.495 e. The minimum absolute atomic E-state index is 0.154. The average molecular weight is 292 g/mol. The number of aromatic nitrogens is 4. The number of nitrogens with one attached hydrogen (secondary N) is 1. The quantitative estimate of drug-likeness (QED) is 0.606. The van der Waals surface area contributed by atoms with Gasteiger partial charge in [-0.05, 0) is 29.8 Å². The molecular formula is C16H12N4O2. The lowest BCUT2D eigenvalue weighted by atomic mass is 10.2. The molecule has 108 valence electrons. The highest BCUT2D eigenvalue weighted by molar-refractivity contribution is 5.82. The number of hydrogen-bond acceptors (Lipinski definition) is 5. The number of nitrogens with zero attached hydrogens (tertiary/aromatic N) is 3. The maximum atomic E-state index is 9.46. The van der Waals surface area contributed by atoms with Crippen molar-refractivity contribution in [3.05, 3.63) is 54.5 Å². The summed E-state index contributed by atoms with van der Waals surface area (Å²) in [5, 5.41) is 11.2. The molecule has 0 aliphatic rings. The number of aromatic amines is 1. The van der Waals surface area contributed by atoms with Crippen molar-refractivity contribution >= 4 is 21.9 Å². The summed E-state index contributed by atoms with van der Waals surface area (Å²) in [6.45, 7) is 0.378. The summed E-state index contributed by atoms with van der Waals surface area (Å²) < 4.78 is 5.80. The van der Waals surface area contributed by atoms with Crippen LogP contribution in [0, 0.1) is 0 Å². The van der Waals surface area contributed by atoms with Crippen LogP contribution in [0.25, 0.3) is 21.9 Å². The number of fused-ring (bicyclic) bond motifs is 2. The molecule has 6 heteroatoms. The fourth-order valence-electron chi connectivity index (χ4n) is 2.40. The zero-order valence-corrected chi connectivity index (χ0v) is 11.5. The molecule has 0 saturated carbocycles. The molecule has 6 nitrogen and oxygen atoms in total. The topological polar surface area (TPSA) is 83.9 Å². The minimum atomic E-state index is 0.154. The SMILES string of the molecule is Oc1cc2cc(COc3ncnc4ncccc34)ccc2[nH]1. The summed E-state index contributed by atoms with van der Waals surface area (Å²) in [4.78, 5) is 15.3. The third-order valence-electron chi connectivity index (χ3n) is 3.42. The molecule has 0 aliphatic carbocycles. The first-order valence-corrected chi connectivity index (χ1v) is 6.79. The second-order valence-electron chi connectivity index (χ2n) is 4.92. The fraction of sp³-hybridized carbons (Fsp3) is 0.0625. The zero-order valence-electron chi connectivity index (χ0n) is 11.5. The number of ether oxygens (including phenoxy) is 1. The Morgan fingerprint density at radius 1 is 1.09 bits per heavy atom. The standard InChI is InChI=1S/C16H12N4O2/c21-14-7-11-6-10(3-4-13(11)20-14)8-22-16-12-2-1-5-17-15(12)18-9-19-16/h1-7,9,20-21H,8H2. The second-order valence-corrected chi connectivity index (χ2v) is 4.92. The van der Waals surface area contributed by atoms with Crippen LogP contribution in [0.15, 0.2) is 48.9 Å². The van der Waals surface area contributed by atoms with Crippen LogP contribution in [-0.2, 0) is 6.61 Å². The molecule has 2 N–H and O–H groups in total. The maximum absolute atomic E-state index is 9.46. The predicted molar refractivity (Wildman–Crippen MR) is 81.6 cm³/mol. The summed E-state index contributed by atoms with van der Waals surface area (Å²) in [6.07, 6.45) is 3.13. The molecule has 4 aromatic rings. The summed E-state index contributed by atoms with van der Waals surface area (Å²) in [5.74, 6) is 0.663. The first-order chi connectivity index (χ1) is 10.8. The first-order valence-electron chi connectivity index (χ1n) is 6.79. The molecule has 3 heterocycles. The van der Waals surface area contributed by atoms with E-state index in [9.17, 15) is 5.11 Å². The van der Waals surface area contributed by atoms with E-state index in [1.54, 1.807) is 12.3 Å². The van der Waals surface area contributed by atoms with Gasteiger partial charge in [-0.2, -0.15) is 0 Å². The molecule has 1 aromatic carbocycles. The molecule has 0 unspecified atom stereocenters. The van der Waals surface area contributed by atoms with Gasteiger partial charge >= 0.3 is 0 Å². The van der Waals surface area contributed by atoms with Gasteiger partial charge in [0.25, 0.3) is 0 Å². The lowest BCUT2D eigenvalue weighted by Gasteiger charge is -2.07. The van der Waals surface area contributed by atoms with Crippen LogP contribution in [0.3, 0.4) is 0 Å². The van der Waals surface area contributed by atoms with Crippen molar-refractivity contribution in [2.45, 2.75) is 6.61 Å². The predicted octanol–water partition coefficient (Wildman–Crippen LogP) is 2.79. The van der Waals surface area contributed by atoms with Crippen molar-refractivity contribution in [1.29, 1.82) is 0 Å². The number of aromatic hydroxyl groups is 1. The Labute approximate surface area is 125 Å². The summed E-state index contributed by atoms with van der Waals surface area (Å²) >= 11 is 0. The molecule has 0 saturated heterocycles. The monoisotopic (exact) mass is 292 g/mol. The Balaban J connectivity index is 1.62. The van der Waals surface area contributed by atoms with Gasteiger partial charge in [-0.3, -0.25) is 0 Å². The Morgan fingerprint density at radius 3 is 3.00 bits per heavy atom. The van der Waals surface area contributed by atoms with Gasteiger partial charge in [0.05, 0.1) is 5.39 Å². The van der Waals surface area contributed by atoms with Gasteiger partial charge in [0.2, 0.25) is 5.88 Å². The third-order valence-corrected chi connectivity index (χ3v) is 3.42. The Morgan fingerprint density at radius 2 is 2.05 bits per heavy atom. The molecule has 0 aliphatic heterocycles. The van der Waals surface area contributed by atoms with E-state index in [-0.39, 0.29) is 5.88 Å². The van der Waals surface area contributed by atoms with Gasteiger partial charge in [-0.25, -0.2) is 15.0 Å². The summed E-state index contributed by atoms with van der Waals surface area (Å²) in [6, 6.07) is 11.2. The van der Waals surface area contributed by atoms with Gasteiger partial charge < -0.3 is 14.8 Å². The molecule has 0 fully saturated rings. The third kappa shape index (κ3) is 2.20. The van der Waals surface area contributed by atoms with Crippen LogP contribution in [0.4, 0.5) is 0 Å². The van der Waals surface area contributed by atoms with E-state index >= 15 is 0 Å². The molecule has 3 aromatic heterocycles. The summed E-state index contributed by atoms with van der Waals surface area (Å²) in [5.41, 5.74) is 2.48.